The van der Waals surface area contributed by atoms with Crippen molar-refractivity contribution in [3.63, 3.8) is 0 Å². The van der Waals surface area contributed by atoms with Crippen LogP contribution >= 0.6 is 11.6 Å². The van der Waals surface area contributed by atoms with Gasteiger partial charge in [-0.15, -0.1) is 0 Å². The van der Waals surface area contributed by atoms with Crippen LogP contribution in [0.1, 0.15) is 13.8 Å². The van der Waals surface area contributed by atoms with Gasteiger partial charge in [-0.2, -0.15) is 4.31 Å². The number of benzene rings is 1. The molecule has 0 fully saturated rings. The average Bonchev–Trinajstić information content (AvgIpc) is 2.34. The molecule has 5 nitrogen and oxygen atoms in total. The lowest BCUT2D eigenvalue weighted by atomic mass is 10.3. The highest BCUT2D eigenvalue weighted by Gasteiger charge is 2.31. The molecular weight excluding hydrogens is 307 g/mol. The van der Waals surface area contributed by atoms with E-state index in [4.69, 9.17) is 22.1 Å². The minimum Gasteiger partial charge on any atom is -0.399 e. The number of anilines is 1. The molecule has 0 aliphatic heterocycles. The maximum absolute atomic E-state index is 14.0. The molecule has 0 aliphatic rings. The van der Waals surface area contributed by atoms with Gasteiger partial charge in [0.2, 0.25) is 10.0 Å². The topological polar surface area (TPSA) is 72.6 Å². The van der Waals surface area contributed by atoms with E-state index in [0.717, 1.165) is 10.4 Å². The fraction of sp³-hybridized carbons (Fsp3) is 0.500. The van der Waals surface area contributed by atoms with Gasteiger partial charge in [0.15, 0.2) is 5.82 Å². The number of nitrogens with zero attached hydrogens (tertiary/aromatic N) is 1. The first-order valence-corrected chi connectivity index (χ1v) is 7.82. The first kappa shape index (κ1) is 17.2. The van der Waals surface area contributed by atoms with Crippen LogP contribution in [0.3, 0.4) is 0 Å². The van der Waals surface area contributed by atoms with Crippen LogP contribution in [0.2, 0.25) is 5.02 Å². The van der Waals surface area contributed by atoms with Crippen LogP contribution in [0.4, 0.5) is 10.1 Å². The largest absolute Gasteiger partial charge is 0.399 e. The monoisotopic (exact) mass is 324 g/mol. The second-order valence-electron chi connectivity index (χ2n) is 4.33. The van der Waals surface area contributed by atoms with Crippen molar-refractivity contribution in [2.45, 2.75) is 24.8 Å². The van der Waals surface area contributed by atoms with E-state index >= 15 is 0 Å². The van der Waals surface area contributed by atoms with Gasteiger partial charge >= 0.3 is 0 Å². The molecule has 1 unspecified atom stereocenters. The molecule has 0 spiro atoms. The molecule has 0 aromatic heterocycles. The Morgan fingerprint density at radius 2 is 2.10 bits per heavy atom. The minimum absolute atomic E-state index is 0.0884. The number of sulfonamides is 1. The zero-order valence-electron chi connectivity index (χ0n) is 11.6. The minimum atomic E-state index is -4.03. The number of hydrogen-bond donors (Lipinski definition) is 1. The molecule has 114 valence electrons. The van der Waals surface area contributed by atoms with Crippen LogP contribution < -0.4 is 5.73 Å². The second kappa shape index (κ2) is 6.71. The SMILES string of the molecule is CCN(C(C)COC)S(=O)(=O)c1cc(N)cc(Cl)c1F. The molecule has 20 heavy (non-hydrogen) atoms. The number of halogens is 2. The Balaban J connectivity index is 3.35. The van der Waals surface area contributed by atoms with Crippen molar-refractivity contribution in [1.82, 2.24) is 4.31 Å². The van der Waals surface area contributed by atoms with Gasteiger partial charge in [0.05, 0.1) is 11.6 Å². The van der Waals surface area contributed by atoms with Crippen LogP contribution in [-0.4, -0.2) is 39.0 Å². The van der Waals surface area contributed by atoms with Crippen molar-refractivity contribution in [2.24, 2.45) is 0 Å². The molecule has 0 aliphatic carbocycles. The molecule has 1 rings (SSSR count). The lowest BCUT2D eigenvalue weighted by Crippen LogP contribution is -2.41. The number of nitrogens with two attached hydrogens (primary N) is 1. The Morgan fingerprint density at radius 1 is 1.50 bits per heavy atom. The number of ether oxygens (including phenoxy) is 1. The summed E-state index contributed by atoms with van der Waals surface area (Å²) in [4.78, 5) is -0.521. The van der Waals surface area contributed by atoms with E-state index in [0.29, 0.717) is 0 Å². The van der Waals surface area contributed by atoms with Gasteiger partial charge in [0.25, 0.3) is 0 Å². The number of hydrogen-bond acceptors (Lipinski definition) is 4. The maximum atomic E-state index is 14.0. The van der Waals surface area contributed by atoms with Crippen molar-refractivity contribution in [3.05, 3.63) is 23.0 Å². The van der Waals surface area contributed by atoms with Gasteiger partial charge in [0, 0.05) is 25.4 Å². The van der Waals surface area contributed by atoms with Gasteiger partial charge in [-0.05, 0) is 19.1 Å². The molecule has 0 heterocycles. The Kier molecular flexibility index (Phi) is 5.76. The third kappa shape index (κ3) is 3.41. The van der Waals surface area contributed by atoms with Gasteiger partial charge in [-0.3, -0.25) is 0 Å². The third-order valence-corrected chi connectivity index (χ3v) is 5.18. The highest BCUT2D eigenvalue weighted by atomic mass is 35.5. The summed E-state index contributed by atoms with van der Waals surface area (Å²) < 4.78 is 45.1. The molecule has 1 atom stereocenters. The van der Waals surface area contributed by atoms with E-state index in [1.807, 2.05) is 0 Å². The summed E-state index contributed by atoms with van der Waals surface area (Å²) in [6, 6.07) is 1.80. The summed E-state index contributed by atoms with van der Waals surface area (Å²) in [5, 5.41) is -0.320. The van der Waals surface area contributed by atoms with E-state index in [9.17, 15) is 12.8 Å². The first-order chi connectivity index (χ1) is 9.25. The molecule has 1 aromatic rings. The molecule has 1 aromatic carbocycles. The van der Waals surface area contributed by atoms with Crippen molar-refractivity contribution in [1.29, 1.82) is 0 Å². The highest BCUT2D eigenvalue weighted by molar-refractivity contribution is 7.89. The molecule has 0 radical (unpaired) electrons. The third-order valence-electron chi connectivity index (χ3n) is 2.81. The zero-order chi connectivity index (χ0) is 15.5. The summed E-state index contributed by atoms with van der Waals surface area (Å²) in [6.45, 7) is 3.72. The van der Waals surface area contributed by atoms with Gasteiger partial charge in [0.1, 0.15) is 4.90 Å². The highest BCUT2D eigenvalue weighted by Crippen LogP contribution is 2.28. The smallest absolute Gasteiger partial charge is 0.246 e. The predicted molar refractivity (Wildman–Crippen MR) is 76.7 cm³/mol. The summed E-state index contributed by atoms with van der Waals surface area (Å²) in [7, 11) is -2.57. The van der Waals surface area contributed by atoms with E-state index < -0.39 is 26.8 Å². The first-order valence-electron chi connectivity index (χ1n) is 6.01. The molecule has 8 heteroatoms. The quantitative estimate of drug-likeness (QED) is 0.813. The van der Waals surface area contributed by atoms with Crippen LogP contribution in [0.25, 0.3) is 0 Å². The van der Waals surface area contributed by atoms with Crippen LogP contribution in [0.15, 0.2) is 17.0 Å². The Hall–Kier alpha value is -0.890. The van der Waals surface area contributed by atoms with Crippen LogP contribution in [0.5, 0.6) is 0 Å². The van der Waals surface area contributed by atoms with Crippen molar-refractivity contribution in [2.75, 3.05) is 26.0 Å². The fourth-order valence-electron chi connectivity index (χ4n) is 1.94. The standard InChI is InChI=1S/C12H18ClFN2O3S/c1-4-16(8(2)7-19-3)20(17,18)11-6-9(15)5-10(13)12(11)14/h5-6,8H,4,7,15H2,1-3H3. The number of nitrogen functional groups attached to an aromatic ring is 1. The molecule has 0 amide bonds. The number of likely N-dealkylation sites (N-methyl/N-ethyl adjacent to an activating group) is 1. The lowest BCUT2D eigenvalue weighted by molar-refractivity contribution is 0.142. The molecule has 0 saturated carbocycles. The van der Waals surface area contributed by atoms with Gasteiger partial charge < -0.3 is 10.5 Å². The molecule has 0 bridgehead atoms. The molecule has 2 N–H and O–H groups in total. The van der Waals surface area contributed by atoms with Crippen LogP contribution in [-0.2, 0) is 14.8 Å². The second-order valence-corrected chi connectivity index (χ2v) is 6.59. The van der Waals surface area contributed by atoms with E-state index in [1.54, 1.807) is 13.8 Å². The number of rotatable bonds is 6. The summed E-state index contributed by atoms with van der Waals surface area (Å²) >= 11 is 5.65. The normalized spacial score (nSPS) is 13.7. The van der Waals surface area contributed by atoms with Gasteiger partial charge in [-0.1, -0.05) is 18.5 Å². The van der Waals surface area contributed by atoms with Gasteiger partial charge in [-0.25, -0.2) is 12.8 Å². The van der Waals surface area contributed by atoms with Crippen LogP contribution in [0, 0.1) is 5.82 Å². The Labute approximate surface area is 123 Å². The molecular formula is C12H18ClFN2O3S. The fourth-order valence-corrected chi connectivity index (χ4v) is 3.97. The summed E-state index contributed by atoms with van der Waals surface area (Å²) in [5.74, 6) is -0.996. The summed E-state index contributed by atoms with van der Waals surface area (Å²) in [6.07, 6.45) is 0. The lowest BCUT2D eigenvalue weighted by Gasteiger charge is -2.27. The van der Waals surface area contributed by atoms with Crippen molar-refractivity contribution in [3.8, 4) is 0 Å². The van der Waals surface area contributed by atoms with Crippen molar-refractivity contribution >= 4 is 27.3 Å². The zero-order valence-corrected chi connectivity index (χ0v) is 13.1. The maximum Gasteiger partial charge on any atom is 0.246 e. The summed E-state index contributed by atoms with van der Waals surface area (Å²) in [5.41, 5.74) is 5.63. The van der Waals surface area contributed by atoms with E-state index in [-0.39, 0.29) is 23.9 Å². The average molecular weight is 325 g/mol. The van der Waals surface area contributed by atoms with Crippen molar-refractivity contribution < 1.29 is 17.5 Å². The Morgan fingerprint density at radius 3 is 2.60 bits per heavy atom. The van der Waals surface area contributed by atoms with E-state index in [1.165, 1.54) is 13.2 Å². The number of methoxy groups -OCH3 is 1. The van der Waals surface area contributed by atoms with E-state index in [2.05, 4.69) is 0 Å². The Bertz CT molecular complexity index is 580. The predicted octanol–water partition coefficient (Wildman–Crippen LogP) is 2.11. The molecule has 0 saturated heterocycles.